The van der Waals surface area contributed by atoms with Crippen LogP contribution in [-0.2, 0) is 100 Å². The van der Waals surface area contributed by atoms with Crippen LogP contribution in [-0.4, -0.2) is 62.6 Å². The number of hydrogen-bond acceptors (Lipinski definition) is 14. The molecule has 0 atom stereocenters. The van der Waals surface area contributed by atoms with Crippen molar-refractivity contribution in [1.29, 1.82) is 0 Å². The standard InChI is InChI=1S/C28H27N2.C21H18NS.C17H11FN.C13H8NS.C11H8N.3C5H8O2.4Ir/c1-17-10-18(2)13-23(12-17)27-28(24-14-19(3)11-20(4)15-24)30-25(16-29-27)26-21(5)8-7-9-22(26)6;1-21(2,3)15-10-8-14(9-11-15)19-17-12-13-23-20(17)16-6-4-5-7-18(16)22-19;18-16-9-6-13(7-10-16)15-8-11-17(19-12-15)14-4-2-1-3-5-14;1-2-4-10(5-3-1)13-11-7-9-15-12(11)6-8-14-13;1-2-6-10(7-3-1)11-8-4-5-9-12-11;3*1-4(6)3-5(2)7;;;;/h7-12,14-16H,1-6H3;4-8,10-13H,1-3H3;1-4,6-12H;1-4,6-9H;1-6,8-9H;3*3,6H,1-2H3;;;;/q5*-1;;;;;;;. The van der Waals surface area contributed by atoms with Crippen LogP contribution in [0.15, 0.2) is 308 Å². The van der Waals surface area contributed by atoms with Gasteiger partial charge in [0.1, 0.15) is 5.82 Å². The van der Waals surface area contributed by atoms with Crippen molar-refractivity contribution in [3.05, 3.63) is 383 Å². The van der Waals surface area contributed by atoms with Gasteiger partial charge in [-0.2, -0.15) is 0 Å². The molecule has 16 aromatic rings. The van der Waals surface area contributed by atoms with Crippen molar-refractivity contribution in [2.24, 2.45) is 0 Å². The fraction of sp³-hybridized carbons (Fsp3) is 0.152. The maximum Gasteiger partial charge on any atom is 0.155 e. The SMILES string of the molecule is CC(=O)C=C(C)O.CC(=O)C=C(C)O.CC(=O)C=C(C)O.CC(C)(C)c1c[c-]c(-c2nc3ccccc3c3sccc23)cc1.Cc1[c-]c(-c2ncc(-c3c(C)cccc3C)nc2-c2cc(C)cc(C)c2)cc(C)c1.Fc1ccc(-c2ccc(-c3[c-]cccc3)nc2)cc1.[Ir].[Ir].[Ir].[Ir].[c-]1ccccc1-c1ccccn1.[c-]1ccccc1-c1nccc2sccc12. The third-order valence-electron chi connectivity index (χ3n) is 17.8. The summed E-state index contributed by atoms with van der Waals surface area (Å²) in [4.78, 5) is 58.1. The third-order valence-corrected chi connectivity index (χ3v) is 19.6. The summed E-state index contributed by atoms with van der Waals surface area (Å²) < 4.78 is 15.4. The number of aryl methyl sites for hydroxylation is 6. The number of ketones is 3. The predicted molar refractivity (Wildman–Crippen MR) is 493 cm³/mol. The van der Waals surface area contributed by atoms with Crippen molar-refractivity contribution in [3.63, 3.8) is 0 Å². The number of hydrogen-bond donors (Lipinski definition) is 3. The summed E-state index contributed by atoms with van der Waals surface area (Å²) >= 11 is 3.52. The van der Waals surface area contributed by atoms with E-state index in [0.717, 1.165) is 101 Å². The van der Waals surface area contributed by atoms with Gasteiger partial charge in [0.05, 0.1) is 34.2 Å². The van der Waals surface area contributed by atoms with Gasteiger partial charge in [-0.05, 0) is 177 Å². The zero-order valence-corrected chi connectivity index (χ0v) is 82.7. The molecular formula is C105H96FIr4N6O6S2-5. The Labute approximate surface area is 790 Å². The Morgan fingerprint density at radius 1 is 0.403 bits per heavy atom. The molecule has 0 amide bonds. The number of thiophene rings is 2. The van der Waals surface area contributed by atoms with Gasteiger partial charge in [0, 0.05) is 149 Å². The fourth-order valence-corrected chi connectivity index (χ4v) is 14.4. The van der Waals surface area contributed by atoms with Crippen molar-refractivity contribution < 1.29 is 115 Å². The molecule has 0 spiro atoms. The zero-order valence-electron chi connectivity index (χ0n) is 71.5. The van der Waals surface area contributed by atoms with Crippen molar-refractivity contribution in [2.45, 2.75) is 109 Å². The van der Waals surface area contributed by atoms with E-state index in [1.54, 1.807) is 47.2 Å². The smallest absolute Gasteiger partial charge is 0.155 e. The first-order valence-electron chi connectivity index (χ1n) is 38.8. The van der Waals surface area contributed by atoms with Gasteiger partial charge >= 0.3 is 0 Å². The summed E-state index contributed by atoms with van der Waals surface area (Å²) in [6.07, 6.45) is 10.8. The molecule has 0 bridgehead atoms. The molecule has 16 rings (SSSR count). The van der Waals surface area contributed by atoms with Crippen molar-refractivity contribution in [3.8, 4) is 89.9 Å². The molecule has 7 aromatic heterocycles. The van der Waals surface area contributed by atoms with E-state index >= 15 is 0 Å². The second kappa shape index (κ2) is 51.3. The van der Waals surface area contributed by atoms with Crippen LogP contribution in [0.5, 0.6) is 0 Å². The summed E-state index contributed by atoms with van der Waals surface area (Å²) in [6.45, 7) is 27.9. The second-order valence-corrected chi connectivity index (χ2v) is 31.3. The Kier molecular flexibility index (Phi) is 42.8. The van der Waals surface area contributed by atoms with E-state index in [-0.39, 0.29) is 126 Å². The average molecular weight is 2390 g/mol. The van der Waals surface area contributed by atoms with Crippen molar-refractivity contribution in [1.82, 2.24) is 29.9 Å². The van der Waals surface area contributed by atoms with E-state index < -0.39 is 0 Å². The Morgan fingerprint density at radius 2 is 0.935 bits per heavy atom. The number of benzene rings is 9. The van der Waals surface area contributed by atoms with Gasteiger partial charge in [0.15, 0.2) is 17.3 Å². The number of halogens is 1. The number of para-hydroxylation sites is 1. The Bertz CT molecular complexity index is 6030. The van der Waals surface area contributed by atoms with E-state index in [9.17, 15) is 18.8 Å². The minimum atomic E-state index is -0.229. The number of fused-ring (bicyclic) bond motifs is 4. The van der Waals surface area contributed by atoms with Crippen LogP contribution in [0.25, 0.3) is 121 Å². The number of aliphatic hydroxyl groups excluding tert-OH is 3. The molecule has 0 saturated carbocycles. The van der Waals surface area contributed by atoms with Gasteiger partial charge in [-0.15, -0.1) is 201 Å². The molecule has 19 heteroatoms. The summed E-state index contributed by atoms with van der Waals surface area (Å²) in [6, 6.07) is 94.4. The third kappa shape index (κ3) is 32.0. The van der Waals surface area contributed by atoms with Crippen LogP contribution in [0.4, 0.5) is 4.39 Å². The molecule has 0 unspecified atom stereocenters. The Morgan fingerprint density at radius 3 is 1.44 bits per heavy atom. The Hall–Kier alpha value is -11.0. The van der Waals surface area contributed by atoms with Crippen LogP contribution in [0, 0.1) is 77.7 Å². The number of rotatable bonds is 11. The quantitative estimate of drug-likeness (QED) is 0.0632. The Balaban J connectivity index is 0.000000263. The number of pyridine rings is 4. The van der Waals surface area contributed by atoms with Gasteiger partial charge < -0.3 is 35.3 Å². The van der Waals surface area contributed by atoms with Crippen LogP contribution in [0.2, 0.25) is 0 Å². The molecule has 4 radical (unpaired) electrons. The number of aromatic nitrogens is 6. The van der Waals surface area contributed by atoms with E-state index in [1.165, 1.54) is 131 Å². The molecule has 124 heavy (non-hydrogen) atoms. The number of allylic oxidation sites excluding steroid dienone is 6. The van der Waals surface area contributed by atoms with E-state index in [0.29, 0.717) is 0 Å². The topological polar surface area (TPSA) is 189 Å². The second-order valence-electron chi connectivity index (χ2n) is 29.4. The molecule has 9 aromatic carbocycles. The van der Waals surface area contributed by atoms with Gasteiger partial charge in [-0.25, -0.2) is 4.39 Å². The molecule has 642 valence electrons. The molecule has 0 aliphatic heterocycles. The zero-order chi connectivity index (χ0) is 86.4. The van der Waals surface area contributed by atoms with Gasteiger partial charge in [-0.3, -0.25) is 24.4 Å². The number of aliphatic hydroxyl groups is 3. The van der Waals surface area contributed by atoms with Crippen molar-refractivity contribution in [2.75, 3.05) is 0 Å². The predicted octanol–water partition coefficient (Wildman–Crippen LogP) is 27.1. The first kappa shape index (κ1) is 104. The van der Waals surface area contributed by atoms with Crippen LogP contribution in [0.1, 0.15) is 101 Å². The average Bonchev–Trinajstić information content (AvgIpc) is 1.42. The maximum atomic E-state index is 12.9. The summed E-state index contributed by atoms with van der Waals surface area (Å²) in [7, 11) is 0. The molecule has 7 heterocycles. The summed E-state index contributed by atoms with van der Waals surface area (Å²) in [5, 5.41) is 33.0. The number of carbonyl (C=O) groups is 3. The molecule has 12 nitrogen and oxygen atoms in total. The first-order chi connectivity index (χ1) is 57.5. The van der Waals surface area contributed by atoms with Crippen LogP contribution >= 0.6 is 22.7 Å². The molecule has 0 aliphatic carbocycles. The van der Waals surface area contributed by atoms with Gasteiger partial charge in [-0.1, -0.05) is 149 Å². The summed E-state index contributed by atoms with van der Waals surface area (Å²) in [5.41, 5.74) is 25.5. The maximum absolute atomic E-state index is 12.9. The molecular weight excluding hydrogens is 2290 g/mol. The molecule has 3 N–H and O–H groups in total. The van der Waals surface area contributed by atoms with E-state index in [2.05, 4.69) is 215 Å². The van der Waals surface area contributed by atoms with Gasteiger partial charge in [0.25, 0.3) is 0 Å². The summed E-state index contributed by atoms with van der Waals surface area (Å²) in [5.74, 6) is -0.417. The fourth-order valence-electron chi connectivity index (χ4n) is 12.7. The molecule has 0 aliphatic rings. The minimum absolute atomic E-state index is 0. The van der Waals surface area contributed by atoms with Crippen molar-refractivity contribution >= 4 is 71.1 Å². The number of nitrogens with zero attached hydrogens (tertiary/aromatic N) is 6. The number of carbonyl (C=O) groups excluding carboxylic acids is 3. The van der Waals surface area contributed by atoms with E-state index in [4.69, 9.17) is 30.3 Å². The first-order valence-corrected chi connectivity index (χ1v) is 40.6. The minimum Gasteiger partial charge on any atom is -0.512 e. The van der Waals surface area contributed by atoms with Crippen LogP contribution in [0.3, 0.4) is 0 Å². The van der Waals surface area contributed by atoms with E-state index in [1.807, 2.05) is 128 Å². The molecule has 0 fully saturated rings. The van der Waals surface area contributed by atoms with Crippen LogP contribution < -0.4 is 0 Å². The largest absolute Gasteiger partial charge is 0.512 e. The van der Waals surface area contributed by atoms with Gasteiger partial charge in [0.2, 0.25) is 0 Å². The molecule has 0 saturated heterocycles. The normalized spacial score (nSPS) is 10.7. The monoisotopic (exact) mass is 2390 g/mol.